The fourth-order valence-electron chi connectivity index (χ4n) is 2.71. The number of hydrogen-bond acceptors (Lipinski definition) is 6. The largest absolute Gasteiger partial charge is 0.574 e. The van der Waals surface area contributed by atoms with Crippen molar-refractivity contribution in [3.05, 3.63) is 77.2 Å². The van der Waals surface area contributed by atoms with Crippen LogP contribution in [-0.2, 0) is 0 Å². The van der Waals surface area contributed by atoms with E-state index in [-0.39, 0.29) is 22.6 Å². The number of H-pyrrole nitrogens is 1. The van der Waals surface area contributed by atoms with Gasteiger partial charge in [0.05, 0.1) is 11.6 Å². The number of rotatable bonds is 5. The van der Waals surface area contributed by atoms with Crippen molar-refractivity contribution in [3.63, 3.8) is 0 Å². The summed E-state index contributed by atoms with van der Waals surface area (Å²) in [4.78, 5) is 23.0. The standard InChI is InChI=1S/C20H13F3N4O3/c21-20(22,23)30-18-16(25-12-7-3-1-4-8-12)15-14(11-24-18)26-19(27-17(15)28)29-13-9-5-2-6-10-13/h1-11,25H,(H,26,27,28). The monoisotopic (exact) mass is 414 g/mol. The molecule has 0 saturated carbocycles. The molecule has 0 aliphatic rings. The molecule has 0 fully saturated rings. The smallest absolute Gasteiger partial charge is 0.426 e. The number of alkyl halides is 3. The highest BCUT2D eigenvalue weighted by Gasteiger charge is 2.34. The molecule has 4 rings (SSSR count). The Morgan fingerprint density at radius 2 is 1.63 bits per heavy atom. The van der Waals surface area contributed by atoms with Crippen molar-refractivity contribution in [2.45, 2.75) is 6.36 Å². The van der Waals surface area contributed by atoms with Gasteiger partial charge in [-0.3, -0.25) is 9.78 Å². The summed E-state index contributed by atoms with van der Waals surface area (Å²) in [7, 11) is 0. The summed E-state index contributed by atoms with van der Waals surface area (Å²) in [6, 6.07) is 16.8. The number of nitrogens with one attached hydrogen (secondary N) is 2. The molecular weight excluding hydrogens is 401 g/mol. The molecule has 30 heavy (non-hydrogen) atoms. The van der Waals surface area contributed by atoms with E-state index in [1.165, 1.54) is 0 Å². The Kier molecular flexibility index (Phi) is 4.97. The van der Waals surface area contributed by atoms with Crippen LogP contribution in [0.15, 0.2) is 71.7 Å². The SMILES string of the molecule is O=c1[nH]c(Oc2ccccc2)nc2cnc(OC(F)(F)F)c(Nc3ccccc3)c12. The number of fused-ring (bicyclic) bond motifs is 1. The Labute approximate surface area is 167 Å². The van der Waals surface area contributed by atoms with Crippen molar-refractivity contribution in [1.82, 2.24) is 15.0 Å². The van der Waals surface area contributed by atoms with E-state index in [4.69, 9.17) is 4.74 Å². The molecule has 0 spiro atoms. The minimum Gasteiger partial charge on any atom is -0.426 e. The molecule has 152 valence electrons. The molecule has 0 amide bonds. The number of ether oxygens (including phenoxy) is 2. The van der Waals surface area contributed by atoms with E-state index >= 15 is 0 Å². The van der Waals surface area contributed by atoms with Crippen LogP contribution < -0.4 is 20.3 Å². The first-order valence-electron chi connectivity index (χ1n) is 8.63. The molecule has 0 aliphatic heterocycles. The number of nitrogens with zero attached hydrogens (tertiary/aromatic N) is 2. The Morgan fingerprint density at radius 3 is 2.30 bits per heavy atom. The van der Waals surface area contributed by atoms with E-state index in [2.05, 4.69) is 25.0 Å². The van der Waals surface area contributed by atoms with Gasteiger partial charge in [-0.2, -0.15) is 4.98 Å². The number of anilines is 2. The molecule has 0 atom stereocenters. The zero-order chi connectivity index (χ0) is 21.1. The number of pyridine rings is 1. The van der Waals surface area contributed by atoms with E-state index in [9.17, 15) is 18.0 Å². The van der Waals surface area contributed by atoms with Gasteiger partial charge in [0.15, 0.2) is 0 Å². The van der Waals surface area contributed by atoms with Crippen LogP contribution in [0.2, 0.25) is 0 Å². The van der Waals surface area contributed by atoms with Crippen molar-refractivity contribution >= 4 is 22.3 Å². The van der Waals surface area contributed by atoms with Crippen LogP contribution in [0.3, 0.4) is 0 Å². The van der Waals surface area contributed by atoms with Crippen LogP contribution in [0.4, 0.5) is 24.5 Å². The fraction of sp³-hybridized carbons (Fsp3) is 0.0500. The van der Waals surface area contributed by atoms with Crippen LogP contribution in [0.5, 0.6) is 17.6 Å². The van der Waals surface area contributed by atoms with Crippen LogP contribution in [0.1, 0.15) is 0 Å². The number of hydrogen-bond donors (Lipinski definition) is 2. The number of halogens is 3. The van der Waals surface area contributed by atoms with Crippen molar-refractivity contribution in [1.29, 1.82) is 0 Å². The molecule has 2 N–H and O–H groups in total. The zero-order valence-corrected chi connectivity index (χ0v) is 15.1. The van der Waals surface area contributed by atoms with E-state index in [0.717, 1.165) is 6.20 Å². The summed E-state index contributed by atoms with van der Waals surface area (Å²) in [6.07, 6.45) is -3.98. The summed E-state index contributed by atoms with van der Waals surface area (Å²) in [5.41, 5.74) is -0.532. The van der Waals surface area contributed by atoms with Gasteiger partial charge in [0.25, 0.3) is 5.56 Å². The molecular formula is C20H13F3N4O3. The second-order valence-corrected chi connectivity index (χ2v) is 6.02. The lowest BCUT2D eigenvalue weighted by Gasteiger charge is -2.15. The van der Waals surface area contributed by atoms with Gasteiger partial charge < -0.3 is 14.8 Å². The van der Waals surface area contributed by atoms with Crippen LogP contribution in [-0.4, -0.2) is 21.3 Å². The summed E-state index contributed by atoms with van der Waals surface area (Å²) < 4.78 is 48.1. The van der Waals surface area contributed by atoms with Gasteiger partial charge in [-0.25, -0.2) is 4.98 Å². The van der Waals surface area contributed by atoms with Gasteiger partial charge in [-0.1, -0.05) is 36.4 Å². The molecule has 4 aromatic rings. The maximum atomic E-state index is 12.9. The van der Waals surface area contributed by atoms with Gasteiger partial charge in [-0.05, 0) is 24.3 Å². The maximum absolute atomic E-state index is 12.9. The first-order valence-corrected chi connectivity index (χ1v) is 8.63. The molecule has 2 aromatic heterocycles. The highest BCUT2D eigenvalue weighted by molar-refractivity contribution is 5.94. The molecule has 2 aromatic carbocycles. The Bertz CT molecular complexity index is 1230. The van der Waals surface area contributed by atoms with Gasteiger partial charge >= 0.3 is 12.4 Å². The van der Waals surface area contributed by atoms with Crippen LogP contribution in [0, 0.1) is 0 Å². The lowest BCUT2D eigenvalue weighted by atomic mass is 10.2. The van der Waals surface area contributed by atoms with Crippen molar-refractivity contribution < 1.29 is 22.6 Å². The van der Waals surface area contributed by atoms with Crippen molar-refractivity contribution in [2.75, 3.05) is 5.32 Å². The van der Waals surface area contributed by atoms with Gasteiger partial charge in [0, 0.05) is 5.69 Å². The van der Waals surface area contributed by atoms with Crippen LogP contribution >= 0.6 is 0 Å². The van der Waals surface area contributed by atoms with Crippen molar-refractivity contribution in [2.24, 2.45) is 0 Å². The third kappa shape index (κ3) is 4.32. The average molecular weight is 414 g/mol. The van der Waals surface area contributed by atoms with E-state index in [0.29, 0.717) is 11.4 Å². The van der Waals surface area contributed by atoms with Gasteiger partial charge in [0.1, 0.15) is 17.0 Å². The predicted molar refractivity (Wildman–Crippen MR) is 103 cm³/mol. The van der Waals surface area contributed by atoms with Gasteiger partial charge in [-0.15, -0.1) is 13.2 Å². The first kappa shape index (κ1) is 19.2. The predicted octanol–water partition coefficient (Wildman–Crippen LogP) is 4.75. The Balaban J connectivity index is 1.83. The zero-order valence-electron chi connectivity index (χ0n) is 15.1. The molecule has 0 bridgehead atoms. The first-order chi connectivity index (χ1) is 14.4. The van der Waals surface area contributed by atoms with E-state index in [1.54, 1.807) is 60.7 Å². The molecule has 10 heteroatoms. The molecule has 0 unspecified atom stereocenters. The fourth-order valence-corrected chi connectivity index (χ4v) is 2.71. The quantitative estimate of drug-likeness (QED) is 0.490. The average Bonchev–Trinajstić information content (AvgIpc) is 2.70. The highest BCUT2D eigenvalue weighted by atomic mass is 19.4. The minimum atomic E-state index is -5.00. The Hall–Kier alpha value is -4.08. The van der Waals surface area contributed by atoms with Gasteiger partial charge in [0.2, 0.25) is 5.88 Å². The summed E-state index contributed by atoms with van der Waals surface area (Å²) >= 11 is 0. The number of benzene rings is 2. The number of aromatic amines is 1. The van der Waals surface area contributed by atoms with E-state index in [1.807, 2.05) is 0 Å². The lowest BCUT2D eigenvalue weighted by Crippen LogP contribution is -2.20. The second-order valence-electron chi connectivity index (χ2n) is 6.02. The second kappa shape index (κ2) is 7.74. The third-order valence-electron chi connectivity index (χ3n) is 3.91. The molecule has 7 nitrogen and oxygen atoms in total. The summed E-state index contributed by atoms with van der Waals surface area (Å²) in [5.74, 6) is -0.379. The third-order valence-corrected chi connectivity index (χ3v) is 3.91. The minimum absolute atomic E-state index is 0.0256. The van der Waals surface area contributed by atoms with E-state index < -0.39 is 17.8 Å². The Morgan fingerprint density at radius 1 is 0.967 bits per heavy atom. The maximum Gasteiger partial charge on any atom is 0.574 e. The van der Waals surface area contributed by atoms with Crippen LogP contribution in [0.25, 0.3) is 10.9 Å². The number of aromatic nitrogens is 3. The normalized spacial score (nSPS) is 11.3. The lowest BCUT2D eigenvalue weighted by molar-refractivity contribution is -0.275. The molecule has 0 saturated heterocycles. The molecule has 0 radical (unpaired) electrons. The topological polar surface area (TPSA) is 89.1 Å². The summed E-state index contributed by atoms with van der Waals surface area (Å²) in [5, 5.41) is 2.60. The van der Waals surface area contributed by atoms with Crippen molar-refractivity contribution in [3.8, 4) is 17.6 Å². The summed E-state index contributed by atoms with van der Waals surface area (Å²) in [6.45, 7) is 0. The molecule has 0 aliphatic carbocycles. The highest BCUT2D eigenvalue weighted by Crippen LogP contribution is 2.34. The molecule has 2 heterocycles. The number of para-hydroxylation sites is 2.